The molecule has 13 heavy (non-hydrogen) atoms. The molecule has 0 spiro atoms. The highest BCUT2D eigenvalue weighted by Crippen LogP contribution is 2.18. The van der Waals surface area contributed by atoms with Crippen LogP contribution >= 0.6 is 0 Å². The first-order valence-corrected chi connectivity index (χ1v) is 5.64. The van der Waals surface area contributed by atoms with Crippen molar-refractivity contribution in [2.75, 3.05) is 0 Å². The van der Waals surface area contributed by atoms with Crippen LogP contribution in [0.5, 0.6) is 0 Å². The fourth-order valence-corrected chi connectivity index (χ4v) is 1.83. The second kappa shape index (κ2) is 4.80. The van der Waals surface area contributed by atoms with Gasteiger partial charge in [-0.3, -0.25) is 0 Å². The third-order valence-corrected chi connectivity index (χ3v) is 3.35. The van der Waals surface area contributed by atoms with E-state index in [4.69, 9.17) is 0 Å². The van der Waals surface area contributed by atoms with E-state index < -0.39 is 0 Å². The van der Waals surface area contributed by atoms with Gasteiger partial charge >= 0.3 is 0 Å². The van der Waals surface area contributed by atoms with Gasteiger partial charge in [0.25, 0.3) is 0 Å². The van der Waals surface area contributed by atoms with Crippen molar-refractivity contribution in [2.45, 2.75) is 64.5 Å². The van der Waals surface area contributed by atoms with E-state index in [9.17, 15) is 0 Å². The first-order chi connectivity index (χ1) is 6.20. The van der Waals surface area contributed by atoms with Crippen LogP contribution in [0, 0.1) is 0 Å². The molecule has 0 bridgehead atoms. The highest BCUT2D eigenvalue weighted by Gasteiger charge is 2.22. The average molecular weight is 181 g/mol. The lowest BCUT2D eigenvalue weighted by Crippen LogP contribution is -2.47. The fourth-order valence-electron chi connectivity index (χ4n) is 1.83. The van der Waals surface area contributed by atoms with Gasteiger partial charge in [0.1, 0.15) is 0 Å². The van der Waals surface area contributed by atoms with E-state index in [-0.39, 0.29) is 0 Å². The summed E-state index contributed by atoms with van der Waals surface area (Å²) in [5.41, 5.74) is 0.340. The van der Waals surface area contributed by atoms with Crippen molar-refractivity contribution >= 4 is 0 Å². The Morgan fingerprint density at radius 3 is 2.54 bits per heavy atom. The van der Waals surface area contributed by atoms with E-state index in [1.54, 1.807) is 0 Å². The Kier molecular flexibility index (Phi) is 3.98. The van der Waals surface area contributed by atoms with Crippen LogP contribution in [-0.4, -0.2) is 11.6 Å². The fraction of sp³-hybridized carbons (Fsp3) is 0.833. The maximum absolute atomic E-state index is 3.74. The predicted octanol–water partition coefficient (Wildman–Crippen LogP) is 3.26. The Balaban J connectivity index is 2.45. The minimum atomic E-state index is 0.340. The molecule has 1 nitrogen and oxygen atoms in total. The third kappa shape index (κ3) is 3.15. The highest BCUT2D eigenvalue weighted by atomic mass is 15.0. The second-order valence-electron chi connectivity index (χ2n) is 4.38. The molecule has 1 heteroatoms. The summed E-state index contributed by atoms with van der Waals surface area (Å²) in [5, 5.41) is 3.74. The molecule has 0 saturated heterocycles. The molecule has 0 aromatic carbocycles. The lowest BCUT2D eigenvalue weighted by molar-refractivity contribution is 0.298. The Hall–Kier alpha value is -0.300. The minimum Gasteiger partial charge on any atom is -0.305 e. The Morgan fingerprint density at radius 1 is 1.38 bits per heavy atom. The SMILES string of the molecule is CCC(C)(CC)NC1C=CCCC1. The molecule has 76 valence electrons. The van der Waals surface area contributed by atoms with E-state index in [1.165, 1.54) is 32.1 Å². The van der Waals surface area contributed by atoms with Crippen LogP contribution in [0.25, 0.3) is 0 Å². The second-order valence-corrected chi connectivity index (χ2v) is 4.38. The van der Waals surface area contributed by atoms with Gasteiger partial charge in [-0.15, -0.1) is 0 Å². The van der Waals surface area contributed by atoms with Crippen LogP contribution < -0.4 is 5.32 Å². The van der Waals surface area contributed by atoms with Gasteiger partial charge < -0.3 is 5.32 Å². The van der Waals surface area contributed by atoms with Crippen molar-refractivity contribution in [1.29, 1.82) is 0 Å². The third-order valence-electron chi connectivity index (χ3n) is 3.35. The van der Waals surface area contributed by atoms with Gasteiger partial charge in [-0.1, -0.05) is 26.0 Å². The molecular weight excluding hydrogens is 158 g/mol. The van der Waals surface area contributed by atoms with E-state index >= 15 is 0 Å². The zero-order chi connectivity index (χ0) is 9.73. The quantitative estimate of drug-likeness (QED) is 0.656. The molecule has 0 fully saturated rings. The van der Waals surface area contributed by atoms with Crippen molar-refractivity contribution in [2.24, 2.45) is 0 Å². The maximum atomic E-state index is 3.74. The predicted molar refractivity (Wildman–Crippen MR) is 58.9 cm³/mol. The van der Waals surface area contributed by atoms with E-state index in [1.807, 2.05) is 0 Å². The van der Waals surface area contributed by atoms with Gasteiger partial charge in [0, 0.05) is 11.6 Å². The summed E-state index contributed by atoms with van der Waals surface area (Å²) in [6, 6.07) is 0.624. The molecule has 0 saturated carbocycles. The summed E-state index contributed by atoms with van der Waals surface area (Å²) in [4.78, 5) is 0. The molecule has 1 N–H and O–H groups in total. The maximum Gasteiger partial charge on any atom is 0.0255 e. The molecule has 1 rings (SSSR count). The number of nitrogens with one attached hydrogen (secondary N) is 1. The molecule has 1 aliphatic carbocycles. The molecule has 0 aromatic heterocycles. The Labute approximate surface area is 82.6 Å². The zero-order valence-electron chi connectivity index (χ0n) is 9.27. The van der Waals surface area contributed by atoms with Gasteiger partial charge in [0.05, 0.1) is 0 Å². The Bertz CT molecular complexity index is 168. The van der Waals surface area contributed by atoms with Crippen molar-refractivity contribution in [3.8, 4) is 0 Å². The van der Waals surface area contributed by atoms with Crippen molar-refractivity contribution in [1.82, 2.24) is 5.32 Å². The van der Waals surface area contributed by atoms with Crippen LogP contribution in [0.15, 0.2) is 12.2 Å². The number of hydrogen-bond donors (Lipinski definition) is 1. The van der Waals surface area contributed by atoms with Gasteiger partial charge in [-0.05, 0) is 39.0 Å². The Morgan fingerprint density at radius 2 is 2.08 bits per heavy atom. The lowest BCUT2D eigenvalue weighted by Gasteiger charge is -2.33. The van der Waals surface area contributed by atoms with Crippen LogP contribution in [0.3, 0.4) is 0 Å². The van der Waals surface area contributed by atoms with Crippen molar-refractivity contribution < 1.29 is 0 Å². The van der Waals surface area contributed by atoms with E-state index in [2.05, 4.69) is 38.2 Å². The largest absolute Gasteiger partial charge is 0.305 e. The lowest BCUT2D eigenvalue weighted by atomic mass is 9.92. The monoisotopic (exact) mass is 181 g/mol. The molecule has 0 amide bonds. The zero-order valence-corrected chi connectivity index (χ0v) is 9.27. The number of hydrogen-bond acceptors (Lipinski definition) is 1. The first-order valence-electron chi connectivity index (χ1n) is 5.64. The summed E-state index contributed by atoms with van der Waals surface area (Å²) in [5.74, 6) is 0. The summed E-state index contributed by atoms with van der Waals surface area (Å²) < 4.78 is 0. The molecule has 0 aromatic rings. The molecule has 1 unspecified atom stereocenters. The van der Waals surface area contributed by atoms with Gasteiger partial charge in [0.15, 0.2) is 0 Å². The van der Waals surface area contributed by atoms with Crippen LogP contribution in [-0.2, 0) is 0 Å². The van der Waals surface area contributed by atoms with Crippen LogP contribution in [0.2, 0.25) is 0 Å². The molecule has 1 atom stereocenters. The molecule has 1 aliphatic rings. The highest BCUT2D eigenvalue weighted by molar-refractivity contribution is 5.00. The van der Waals surface area contributed by atoms with Crippen LogP contribution in [0.4, 0.5) is 0 Å². The summed E-state index contributed by atoms with van der Waals surface area (Å²) in [6.45, 7) is 6.86. The smallest absolute Gasteiger partial charge is 0.0255 e. The molecule has 0 radical (unpaired) electrons. The first kappa shape index (κ1) is 10.8. The number of allylic oxidation sites excluding steroid dienone is 1. The summed E-state index contributed by atoms with van der Waals surface area (Å²) in [6.07, 6.45) is 11.0. The normalized spacial score (nSPS) is 23.5. The topological polar surface area (TPSA) is 12.0 Å². The molecular formula is C12H23N. The minimum absolute atomic E-state index is 0.340. The number of rotatable bonds is 4. The van der Waals surface area contributed by atoms with Crippen LogP contribution in [0.1, 0.15) is 52.9 Å². The molecule has 0 aliphatic heterocycles. The van der Waals surface area contributed by atoms with Crippen molar-refractivity contribution in [3.05, 3.63) is 12.2 Å². The van der Waals surface area contributed by atoms with E-state index in [0.29, 0.717) is 11.6 Å². The van der Waals surface area contributed by atoms with E-state index in [0.717, 1.165) is 0 Å². The van der Waals surface area contributed by atoms with Gasteiger partial charge in [-0.25, -0.2) is 0 Å². The average Bonchev–Trinajstić information content (AvgIpc) is 2.19. The molecule has 0 heterocycles. The standard InChI is InChI=1S/C12H23N/c1-4-12(3,5-2)13-11-9-7-6-8-10-11/h7,9,11,13H,4-6,8,10H2,1-3H3. The van der Waals surface area contributed by atoms with Crippen molar-refractivity contribution in [3.63, 3.8) is 0 Å². The summed E-state index contributed by atoms with van der Waals surface area (Å²) >= 11 is 0. The van der Waals surface area contributed by atoms with Gasteiger partial charge in [-0.2, -0.15) is 0 Å². The summed E-state index contributed by atoms with van der Waals surface area (Å²) in [7, 11) is 0. The van der Waals surface area contributed by atoms with Gasteiger partial charge in [0.2, 0.25) is 0 Å².